The second-order valence-electron chi connectivity index (χ2n) is 7.24. The van der Waals surface area contributed by atoms with E-state index in [2.05, 4.69) is 45.2 Å². The molecule has 0 aliphatic rings. The molecule has 0 fully saturated rings. The minimum atomic E-state index is 0.540. The molecule has 0 aliphatic carbocycles. The SMILES string of the molecule is COc1cc(-c2n[nH]c3ccc(-c4cccc5c4ccn5C)nc23)cc(OC)c1OC. The molecule has 0 aliphatic heterocycles. The number of fused-ring (bicyclic) bond motifs is 2. The molecule has 5 aromatic rings. The highest BCUT2D eigenvalue weighted by molar-refractivity contribution is 5.97. The van der Waals surface area contributed by atoms with E-state index in [9.17, 15) is 0 Å². The summed E-state index contributed by atoms with van der Waals surface area (Å²) in [5.74, 6) is 1.68. The Balaban J connectivity index is 1.70. The van der Waals surface area contributed by atoms with Crippen molar-refractivity contribution in [1.29, 1.82) is 0 Å². The molecule has 0 saturated heterocycles. The van der Waals surface area contributed by atoms with E-state index < -0.39 is 0 Å². The van der Waals surface area contributed by atoms with Crippen LogP contribution in [-0.2, 0) is 7.05 Å². The van der Waals surface area contributed by atoms with E-state index >= 15 is 0 Å². The number of hydrogen-bond acceptors (Lipinski definition) is 5. The number of nitrogens with zero attached hydrogens (tertiary/aromatic N) is 3. The Labute approximate surface area is 179 Å². The number of pyridine rings is 1. The number of aromatic amines is 1. The fourth-order valence-electron chi connectivity index (χ4n) is 3.99. The summed E-state index contributed by atoms with van der Waals surface area (Å²) in [5, 5.41) is 8.77. The van der Waals surface area contributed by atoms with Crippen molar-refractivity contribution in [3.05, 3.63) is 54.7 Å². The Hall–Kier alpha value is -4.00. The van der Waals surface area contributed by atoms with Gasteiger partial charge < -0.3 is 18.8 Å². The van der Waals surface area contributed by atoms with Crippen LogP contribution in [-0.4, -0.2) is 41.1 Å². The molecule has 0 atom stereocenters. The maximum Gasteiger partial charge on any atom is 0.203 e. The molecule has 7 heteroatoms. The number of hydrogen-bond donors (Lipinski definition) is 1. The highest BCUT2D eigenvalue weighted by atomic mass is 16.5. The van der Waals surface area contributed by atoms with Gasteiger partial charge in [-0.05, 0) is 36.4 Å². The molecular formula is C24H22N4O3. The van der Waals surface area contributed by atoms with Crippen LogP contribution in [0.25, 0.3) is 44.5 Å². The van der Waals surface area contributed by atoms with E-state index in [4.69, 9.17) is 19.2 Å². The number of benzene rings is 2. The van der Waals surface area contributed by atoms with Crippen LogP contribution in [0.1, 0.15) is 0 Å². The molecule has 2 aromatic carbocycles. The summed E-state index contributed by atoms with van der Waals surface area (Å²) >= 11 is 0. The Morgan fingerprint density at radius 3 is 2.39 bits per heavy atom. The standard InChI is InChI=1S/C24H22N4O3/c1-28-11-10-16-15(6-5-7-19(16)28)17-8-9-18-23(25-17)22(27-26-18)14-12-20(29-2)24(31-4)21(13-14)30-3/h5-13H,1-4H3,(H,26,27). The van der Waals surface area contributed by atoms with Gasteiger partial charge in [0.2, 0.25) is 5.75 Å². The molecule has 5 rings (SSSR count). The van der Waals surface area contributed by atoms with E-state index in [-0.39, 0.29) is 0 Å². The van der Waals surface area contributed by atoms with Gasteiger partial charge in [-0.3, -0.25) is 5.10 Å². The van der Waals surface area contributed by atoms with E-state index in [0.29, 0.717) is 17.2 Å². The summed E-state index contributed by atoms with van der Waals surface area (Å²) in [4.78, 5) is 4.98. The number of ether oxygens (including phenoxy) is 3. The normalized spacial score (nSPS) is 11.2. The lowest BCUT2D eigenvalue weighted by atomic mass is 10.1. The van der Waals surface area contributed by atoms with Crippen LogP contribution in [0.15, 0.2) is 54.7 Å². The first-order chi connectivity index (χ1) is 15.1. The van der Waals surface area contributed by atoms with Gasteiger partial charge >= 0.3 is 0 Å². The topological polar surface area (TPSA) is 74.2 Å². The van der Waals surface area contributed by atoms with Crippen LogP contribution in [0, 0.1) is 0 Å². The number of nitrogens with one attached hydrogen (secondary N) is 1. The number of aromatic nitrogens is 4. The average molecular weight is 414 g/mol. The van der Waals surface area contributed by atoms with Gasteiger partial charge in [0, 0.05) is 35.3 Å². The molecule has 31 heavy (non-hydrogen) atoms. The van der Waals surface area contributed by atoms with Crippen molar-refractivity contribution in [2.75, 3.05) is 21.3 Å². The minimum Gasteiger partial charge on any atom is -0.493 e. The highest BCUT2D eigenvalue weighted by Gasteiger charge is 2.18. The van der Waals surface area contributed by atoms with Crippen molar-refractivity contribution >= 4 is 21.9 Å². The monoisotopic (exact) mass is 414 g/mol. The molecule has 0 spiro atoms. The minimum absolute atomic E-state index is 0.540. The number of methoxy groups -OCH3 is 3. The maximum absolute atomic E-state index is 5.51. The van der Waals surface area contributed by atoms with Gasteiger partial charge in [-0.2, -0.15) is 5.10 Å². The molecule has 0 radical (unpaired) electrons. The first kappa shape index (κ1) is 19.0. The maximum atomic E-state index is 5.51. The molecular weight excluding hydrogens is 392 g/mol. The zero-order chi connectivity index (χ0) is 21.5. The second kappa shape index (κ2) is 7.36. The van der Waals surface area contributed by atoms with E-state index in [1.165, 1.54) is 0 Å². The zero-order valence-electron chi connectivity index (χ0n) is 17.8. The third-order valence-corrected chi connectivity index (χ3v) is 5.55. The van der Waals surface area contributed by atoms with Crippen molar-refractivity contribution in [2.24, 2.45) is 7.05 Å². The van der Waals surface area contributed by atoms with Gasteiger partial charge in [0.15, 0.2) is 11.5 Å². The summed E-state index contributed by atoms with van der Waals surface area (Å²) in [6.45, 7) is 0. The molecule has 156 valence electrons. The van der Waals surface area contributed by atoms with Crippen LogP contribution in [0.3, 0.4) is 0 Å². The van der Waals surface area contributed by atoms with Crippen molar-refractivity contribution in [2.45, 2.75) is 0 Å². The van der Waals surface area contributed by atoms with Gasteiger partial charge in [-0.25, -0.2) is 4.98 Å². The van der Waals surface area contributed by atoms with Gasteiger partial charge in [0.1, 0.15) is 11.2 Å². The third kappa shape index (κ3) is 2.97. The molecule has 0 unspecified atom stereocenters. The Morgan fingerprint density at radius 1 is 0.903 bits per heavy atom. The van der Waals surface area contributed by atoms with Crippen LogP contribution >= 0.6 is 0 Å². The largest absolute Gasteiger partial charge is 0.493 e. The first-order valence-corrected chi connectivity index (χ1v) is 9.84. The summed E-state index contributed by atoms with van der Waals surface area (Å²) in [6.07, 6.45) is 2.06. The lowest BCUT2D eigenvalue weighted by molar-refractivity contribution is 0.324. The molecule has 3 aromatic heterocycles. The third-order valence-electron chi connectivity index (χ3n) is 5.55. The lowest BCUT2D eigenvalue weighted by Crippen LogP contribution is -1.96. The molecule has 0 amide bonds. The molecule has 3 heterocycles. The lowest BCUT2D eigenvalue weighted by Gasteiger charge is -2.13. The zero-order valence-corrected chi connectivity index (χ0v) is 17.8. The molecule has 7 nitrogen and oxygen atoms in total. The van der Waals surface area contributed by atoms with Gasteiger partial charge in [-0.1, -0.05) is 12.1 Å². The van der Waals surface area contributed by atoms with Gasteiger partial charge in [0.05, 0.1) is 32.5 Å². The fourth-order valence-corrected chi connectivity index (χ4v) is 3.99. The first-order valence-electron chi connectivity index (χ1n) is 9.84. The number of H-pyrrole nitrogens is 1. The highest BCUT2D eigenvalue weighted by Crippen LogP contribution is 2.42. The fraction of sp³-hybridized carbons (Fsp3) is 0.167. The summed E-state index contributed by atoms with van der Waals surface area (Å²) < 4.78 is 18.6. The van der Waals surface area contributed by atoms with E-state index in [1.807, 2.05) is 31.3 Å². The smallest absolute Gasteiger partial charge is 0.203 e. The predicted molar refractivity (Wildman–Crippen MR) is 121 cm³/mol. The van der Waals surface area contributed by atoms with Crippen molar-refractivity contribution in [3.8, 4) is 39.8 Å². The molecule has 0 saturated carbocycles. The summed E-state index contributed by atoms with van der Waals surface area (Å²) in [6, 6.07) is 16.2. The van der Waals surface area contributed by atoms with Crippen LogP contribution in [0.4, 0.5) is 0 Å². The van der Waals surface area contributed by atoms with Crippen LogP contribution in [0.2, 0.25) is 0 Å². The van der Waals surface area contributed by atoms with E-state index in [0.717, 1.165) is 44.5 Å². The van der Waals surface area contributed by atoms with Crippen LogP contribution in [0.5, 0.6) is 17.2 Å². The average Bonchev–Trinajstić information content (AvgIpc) is 3.41. The molecule has 1 N–H and O–H groups in total. The quantitative estimate of drug-likeness (QED) is 0.447. The summed E-state index contributed by atoms with van der Waals surface area (Å²) in [7, 11) is 6.82. The Kier molecular flexibility index (Phi) is 4.51. The molecule has 0 bridgehead atoms. The van der Waals surface area contributed by atoms with Crippen molar-refractivity contribution < 1.29 is 14.2 Å². The van der Waals surface area contributed by atoms with Crippen molar-refractivity contribution in [1.82, 2.24) is 19.7 Å². The Morgan fingerprint density at radius 2 is 1.68 bits per heavy atom. The van der Waals surface area contributed by atoms with E-state index in [1.54, 1.807) is 21.3 Å². The van der Waals surface area contributed by atoms with Gasteiger partial charge in [-0.15, -0.1) is 0 Å². The van der Waals surface area contributed by atoms with Gasteiger partial charge in [0.25, 0.3) is 0 Å². The number of aryl methyl sites for hydroxylation is 1. The summed E-state index contributed by atoms with van der Waals surface area (Å²) in [5.41, 5.74) is 6.31. The number of rotatable bonds is 5. The predicted octanol–water partition coefficient (Wildman–Crippen LogP) is 4.81. The van der Waals surface area contributed by atoms with Crippen molar-refractivity contribution in [3.63, 3.8) is 0 Å². The second-order valence-corrected chi connectivity index (χ2v) is 7.24. The Bertz CT molecular complexity index is 1390. The van der Waals surface area contributed by atoms with Crippen LogP contribution < -0.4 is 14.2 Å².